The minimum atomic E-state index is -0.336. The summed E-state index contributed by atoms with van der Waals surface area (Å²) in [7, 11) is 3.35. The van der Waals surface area contributed by atoms with E-state index in [9.17, 15) is 4.79 Å². The summed E-state index contributed by atoms with van der Waals surface area (Å²) in [6, 6.07) is 7.54. The molecule has 4 atom stereocenters. The third-order valence-corrected chi connectivity index (χ3v) is 6.42. The van der Waals surface area contributed by atoms with Crippen LogP contribution in [-0.4, -0.2) is 44.6 Å². The molecule has 1 saturated carbocycles. The molecule has 1 aromatic carbocycles. The average molecular weight is 398 g/mol. The molecule has 2 fully saturated rings. The van der Waals surface area contributed by atoms with E-state index in [-0.39, 0.29) is 29.7 Å². The minimum Gasteiger partial charge on any atom is -0.497 e. The SMILES string of the molecule is COc1ccc(C=CC(=O)OC2CCC3(CO3)C(C3=CCCCC3)C2OC)cc1. The topological polar surface area (TPSA) is 57.3 Å². The first-order valence-electron chi connectivity index (χ1n) is 10.5. The molecule has 1 aromatic rings. The highest BCUT2D eigenvalue weighted by molar-refractivity contribution is 5.87. The Balaban J connectivity index is 1.43. The first-order valence-corrected chi connectivity index (χ1v) is 10.5. The zero-order valence-corrected chi connectivity index (χ0v) is 17.3. The molecule has 0 amide bonds. The monoisotopic (exact) mass is 398 g/mol. The van der Waals surface area contributed by atoms with Gasteiger partial charge in [-0.15, -0.1) is 0 Å². The van der Waals surface area contributed by atoms with Gasteiger partial charge in [-0.05, 0) is 62.3 Å². The second kappa shape index (κ2) is 8.72. The summed E-state index contributed by atoms with van der Waals surface area (Å²) >= 11 is 0. The minimum absolute atomic E-state index is 0.105. The van der Waals surface area contributed by atoms with Crippen LogP contribution in [0.2, 0.25) is 0 Å². The van der Waals surface area contributed by atoms with Crippen LogP contribution in [0.1, 0.15) is 44.1 Å². The fourth-order valence-corrected chi connectivity index (χ4v) is 4.81. The number of methoxy groups -OCH3 is 2. The van der Waals surface area contributed by atoms with Gasteiger partial charge in [-0.25, -0.2) is 4.79 Å². The van der Waals surface area contributed by atoms with Crippen molar-refractivity contribution in [3.05, 3.63) is 47.6 Å². The van der Waals surface area contributed by atoms with E-state index < -0.39 is 0 Å². The van der Waals surface area contributed by atoms with Crippen molar-refractivity contribution in [2.75, 3.05) is 20.8 Å². The Morgan fingerprint density at radius 1 is 1.21 bits per heavy atom. The van der Waals surface area contributed by atoms with Gasteiger partial charge in [0.05, 0.1) is 13.7 Å². The van der Waals surface area contributed by atoms with Gasteiger partial charge in [0.15, 0.2) is 0 Å². The molecule has 0 radical (unpaired) electrons. The van der Waals surface area contributed by atoms with Gasteiger partial charge < -0.3 is 18.9 Å². The highest BCUT2D eigenvalue weighted by Gasteiger charge is 2.60. The second-order valence-corrected chi connectivity index (χ2v) is 8.18. The van der Waals surface area contributed by atoms with Gasteiger partial charge in [-0.2, -0.15) is 0 Å². The van der Waals surface area contributed by atoms with Crippen LogP contribution in [0.5, 0.6) is 5.75 Å². The highest BCUT2D eigenvalue weighted by Crippen LogP contribution is 2.52. The zero-order valence-electron chi connectivity index (χ0n) is 17.3. The van der Waals surface area contributed by atoms with Gasteiger partial charge in [0, 0.05) is 19.1 Å². The molecule has 29 heavy (non-hydrogen) atoms. The first kappa shape index (κ1) is 20.2. The average Bonchev–Trinajstić information content (AvgIpc) is 3.54. The Morgan fingerprint density at radius 2 is 2.00 bits per heavy atom. The van der Waals surface area contributed by atoms with Crippen LogP contribution in [0.3, 0.4) is 0 Å². The molecule has 1 aliphatic heterocycles. The predicted molar refractivity (Wildman–Crippen MR) is 111 cm³/mol. The largest absolute Gasteiger partial charge is 0.497 e. The lowest BCUT2D eigenvalue weighted by atomic mass is 9.69. The van der Waals surface area contributed by atoms with E-state index in [4.69, 9.17) is 18.9 Å². The number of epoxide rings is 1. The predicted octanol–water partition coefficient (Wildman–Crippen LogP) is 4.31. The van der Waals surface area contributed by atoms with Crippen LogP contribution < -0.4 is 4.74 Å². The maximum absolute atomic E-state index is 12.5. The number of rotatable bonds is 6. The normalized spacial score (nSPS) is 31.5. The number of carbonyl (C=O) groups excluding carboxylic acids is 1. The van der Waals surface area contributed by atoms with Gasteiger partial charge in [-0.3, -0.25) is 0 Å². The molecule has 0 aromatic heterocycles. The fraction of sp³-hybridized carbons (Fsp3) is 0.542. The molecule has 0 bridgehead atoms. The van der Waals surface area contributed by atoms with E-state index in [1.807, 2.05) is 24.3 Å². The van der Waals surface area contributed by atoms with Gasteiger partial charge in [-0.1, -0.05) is 23.8 Å². The smallest absolute Gasteiger partial charge is 0.331 e. The Hall–Kier alpha value is -2.11. The molecule has 0 N–H and O–H groups in total. The van der Waals surface area contributed by atoms with Crippen LogP contribution in [0.15, 0.2) is 42.0 Å². The molecule has 5 nitrogen and oxygen atoms in total. The molecule has 4 rings (SSSR count). The van der Waals surface area contributed by atoms with Crippen molar-refractivity contribution in [1.82, 2.24) is 0 Å². The van der Waals surface area contributed by atoms with Crippen molar-refractivity contribution < 1.29 is 23.7 Å². The molecule has 5 heteroatoms. The van der Waals surface area contributed by atoms with Gasteiger partial charge >= 0.3 is 5.97 Å². The second-order valence-electron chi connectivity index (χ2n) is 8.18. The van der Waals surface area contributed by atoms with Gasteiger partial charge in [0.2, 0.25) is 0 Å². The van der Waals surface area contributed by atoms with Crippen molar-refractivity contribution in [1.29, 1.82) is 0 Å². The number of benzene rings is 1. The molecule has 156 valence electrons. The summed E-state index contributed by atoms with van der Waals surface area (Å²) in [5.41, 5.74) is 2.24. The fourth-order valence-electron chi connectivity index (χ4n) is 4.81. The summed E-state index contributed by atoms with van der Waals surface area (Å²) in [4.78, 5) is 12.5. The van der Waals surface area contributed by atoms with E-state index >= 15 is 0 Å². The number of carbonyl (C=O) groups is 1. The highest BCUT2D eigenvalue weighted by atomic mass is 16.6. The maximum atomic E-state index is 12.5. The van der Waals surface area contributed by atoms with E-state index in [2.05, 4.69) is 6.08 Å². The third-order valence-electron chi connectivity index (χ3n) is 6.42. The lowest BCUT2D eigenvalue weighted by molar-refractivity contribution is -0.160. The van der Waals surface area contributed by atoms with E-state index in [0.29, 0.717) is 0 Å². The summed E-state index contributed by atoms with van der Waals surface area (Å²) in [5.74, 6) is 0.635. The van der Waals surface area contributed by atoms with Crippen LogP contribution in [0.25, 0.3) is 6.08 Å². The van der Waals surface area contributed by atoms with Gasteiger partial charge in [0.25, 0.3) is 0 Å². The quantitative estimate of drug-likeness (QED) is 0.309. The van der Waals surface area contributed by atoms with Gasteiger partial charge in [0.1, 0.15) is 23.6 Å². The third kappa shape index (κ3) is 4.41. The molecule has 1 spiro atoms. The Kier molecular flexibility index (Phi) is 6.07. The number of ether oxygens (including phenoxy) is 4. The number of hydrogen-bond donors (Lipinski definition) is 0. The van der Waals surface area contributed by atoms with Crippen LogP contribution in [0.4, 0.5) is 0 Å². The summed E-state index contributed by atoms with van der Waals surface area (Å²) in [5, 5.41) is 0. The maximum Gasteiger partial charge on any atom is 0.331 e. The summed E-state index contributed by atoms with van der Waals surface area (Å²) in [6.07, 6.45) is 11.5. The van der Waals surface area contributed by atoms with E-state index in [1.165, 1.54) is 24.5 Å². The van der Waals surface area contributed by atoms with Crippen LogP contribution >= 0.6 is 0 Å². The molecule has 3 aliphatic rings. The van der Waals surface area contributed by atoms with E-state index in [0.717, 1.165) is 43.6 Å². The van der Waals surface area contributed by atoms with Crippen molar-refractivity contribution in [2.45, 2.75) is 56.3 Å². The molecular formula is C24H30O5. The van der Waals surface area contributed by atoms with Crippen molar-refractivity contribution >= 4 is 12.0 Å². The molecule has 4 unspecified atom stereocenters. The number of esters is 1. The van der Waals surface area contributed by atoms with Crippen LogP contribution in [-0.2, 0) is 19.0 Å². The summed E-state index contributed by atoms with van der Waals surface area (Å²) in [6.45, 7) is 0.785. The Morgan fingerprint density at radius 3 is 2.62 bits per heavy atom. The van der Waals surface area contributed by atoms with Crippen molar-refractivity contribution in [3.63, 3.8) is 0 Å². The molecule has 1 heterocycles. The van der Waals surface area contributed by atoms with E-state index in [1.54, 1.807) is 20.3 Å². The number of hydrogen-bond acceptors (Lipinski definition) is 5. The van der Waals surface area contributed by atoms with Crippen molar-refractivity contribution in [2.24, 2.45) is 5.92 Å². The standard InChI is InChI=1S/C24H30O5/c1-26-19-11-8-17(9-12-19)10-13-21(25)29-20-14-15-24(16-28-24)22(23(20)27-2)18-6-4-3-5-7-18/h6,8-13,20,22-23H,3-5,7,14-16H2,1-2H3. The lowest BCUT2D eigenvalue weighted by Crippen LogP contribution is -2.50. The summed E-state index contributed by atoms with van der Waals surface area (Å²) < 4.78 is 22.8. The molecule has 2 aliphatic carbocycles. The first-order chi connectivity index (χ1) is 14.1. The van der Waals surface area contributed by atoms with Crippen molar-refractivity contribution in [3.8, 4) is 5.75 Å². The zero-order chi connectivity index (χ0) is 20.3. The lowest BCUT2D eigenvalue weighted by Gasteiger charge is -2.42. The van der Waals surface area contributed by atoms with Crippen LogP contribution in [0, 0.1) is 5.92 Å². The molecule has 1 saturated heterocycles. The number of allylic oxidation sites excluding steroid dienone is 1. The Bertz CT molecular complexity index is 775. The Labute approximate surface area is 172 Å². The molecular weight excluding hydrogens is 368 g/mol.